The minimum absolute atomic E-state index is 0.315. The lowest BCUT2D eigenvalue weighted by Crippen LogP contribution is -2.19. The molecule has 1 aliphatic rings. The zero-order chi connectivity index (χ0) is 15.9. The van der Waals surface area contributed by atoms with Gasteiger partial charge in [0.05, 0.1) is 0 Å². The van der Waals surface area contributed by atoms with Gasteiger partial charge in [0.25, 0.3) is 0 Å². The second kappa shape index (κ2) is 8.19. The summed E-state index contributed by atoms with van der Waals surface area (Å²) >= 11 is 0. The van der Waals surface area contributed by atoms with Crippen LogP contribution < -0.4 is 5.73 Å². The quantitative estimate of drug-likeness (QED) is 0.665. The molecule has 0 spiro atoms. The van der Waals surface area contributed by atoms with Crippen LogP contribution in [0.5, 0.6) is 0 Å². The Bertz CT molecular complexity index is 496. The Kier molecular flexibility index (Phi) is 6.91. The van der Waals surface area contributed by atoms with E-state index < -0.39 is 0 Å². The molecule has 0 unspecified atom stereocenters. The van der Waals surface area contributed by atoms with Crippen LogP contribution in [0.15, 0.2) is 58.7 Å². The van der Waals surface area contributed by atoms with E-state index >= 15 is 0 Å². The molecule has 0 bridgehead atoms. The van der Waals surface area contributed by atoms with Crippen molar-refractivity contribution in [3.8, 4) is 0 Å². The second-order valence-electron chi connectivity index (χ2n) is 6.72. The first-order chi connectivity index (χ1) is 9.86. The Labute approximate surface area is 131 Å². The largest absolute Gasteiger partial charge is 0.327 e. The molecule has 116 valence electrons. The Morgan fingerprint density at radius 3 is 2.52 bits per heavy atom. The van der Waals surface area contributed by atoms with Crippen molar-refractivity contribution in [2.45, 2.75) is 53.9 Å². The number of nitrogens with two attached hydrogens (primary N) is 1. The van der Waals surface area contributed by atoms with Gasteiger partial charge in [0.2, 0.25) is 0 Å². The first kappa shape index (κ1) is 17.7. The van der Waals surface area contributed by atoms with Crippen molar-refractivity contribution in [3.05, 3.63) is 58.7 Å². The molecule has 1 nitrogen and oxygen atoms in total. The molecule has 1 aliphatic carbocycles. The molecule has 1 rings (SSSR count). The molecule has 0 fully saturated rings. The van der Waals surface area contributed by atoms with Crippen molar-refractivity contribution in [2.24, 2.45) is 11.1 Å². The monoisotopic (exact) mass is 285 g/mol. The van der Waals surface area contributed by atoms with E-state index in [0.717, 1.165) is 0 Å². The van der Waals surface area contributed by atoms with Crippen LogP contribution in [0.25, 0.3) is 0 Å². The number of rotatable bonds is 5. The van der Waals surface area contributed by atoms with Gasteiger partial charge in [-0.05, 0) is 51.0 Å². The number of hydrogen-bond donors (Lipinski definition) is 1. The third-order valence-corrected chi connectivity index (χ3v) is 4.21. The fraction of sp³-hybridized carbons (Fsp3) is 0.500. The Morgan fingerprint density at radius 2 is 1.90 bits per heavy atom. The molecule has 0 atom stereocenters. The average molecular weight is 285 g/mol. The summed E-state index contributed by atoms with van der Waals surface area (Å²) in [6.07, 6.45) is 16.8. The lowest BCUT2D eigenvalue weighted by Gasteiger charge is -2.32. The second-order valence-corrected chi connectivity index (χ2v) is 6.72. The SMILES string of the molecule is CC1=C(/C=C/C(C)=C\C=C\C(C)=C/CN)C(C)(C)CCC1. The van der Waals surface area contributed by atoms with Crippen LogP contribution in [0.3, 0.4) is 0 Å². The van der Waals surface area contributed by atoms with Crippen LogP contribution in [0.1, 0.15) is 53.9 Å². The summed E-state index contributed by atoms with van der Waals surface area (Å²) in [5.41, 5.74) is 11.3. The highest BCUT2D eigenvalue weighted by molar-refractivity contribution is 5.37. The molecule has 0 aromatic carbocycles. The molecule has 21 heavy (non-hydrogen) atoms. The van der Waals surface area contributed by atoms with Crippen molar-refractivity contribution in [2.75, 3.05) is 6.54 Å². The van der Waals surface area contributed by atoms with Gasteiger partial charge in [0.15, 0.2) is 0 Å². The Hall–Kier alpha value is -1.34. The summed E-state index contributed by atoms with van der Waals surface area (Å²) in [5, 5.41) is 0. The van der Waals surface area contributed by atoms with E-state index in [1.165, 1.54) is 36.0 Å². The average Bonchev–Trinajstić information content (AvgIpc) is 2.37. The van der Waals surface area contributed by atoms with Gasteiger partial charge in [0, 0.05) is 6.54 Å². The predicted molar refractivity (Wildman–Crippen MR) is 95.2 cm³/mol. The number of allylic oxidation sites excluding steroid dienone is 9. The van der Waals surface area contributed by atoms with Crippen LogP contribution in [-0.4, -0.2) is 6.54 Å². The van der Waals surface area contributed by atoms with Gasteiger partial charge in [-0.1, -0.05) is 67.0 Å². The topological polar surface area (TPSA) is 26.0 Å². The summed E-state index contributed by atoms with van der Waals surface area (Å²) in [4.78, 5) is 0. The van der Waals surface area contributed by atoms with Crippen LogP contribution in [0.4, 0.5) is 0 Å². The molecule has 0 aromatic rings. The molecule has 1 heteroatoms. The molecule has 0 radical (unpaired) electrons. The third kappa shape index (κ3) is 5.89. The highest BCUT2D eigenvalue weighted by Crippen LogP contribution is 2.40. The van der Waals surface area contributed by atoms with Gasteiger partial charge < -0.3 is 5.73 Å². The smallest absolute Gasteiger partial charge is 0.0112 e. The normalized spacial score (nSPS) is 20.9. The zero-order valence-electron chi connectivity index (χ0n) is 14.4. The fourth-order valence-corrected chi connectivity index (χ4v) is 2.89. The number of hydrogen-bond acceptors (Lipinski definition) is 1. The minimum Gasteiger partial charge on any atom is -0.327 e. The Morgan fingerprint density at radius 1 is 1.19 bits per heavy atom. The lowest BCUT2D eigenvalue weighted by molar-refractivity contribution is 0.377. The summed E-state index contributed by atoms with van der Waals surface area (Å²) < 4.78 is 0. The first-order valence-corrected chi connectivity index (χ1v) is 7.97. The molecule has 0 amide bonds. The molecule has 0 saturated heterocycles. The maximum absolute atomic E-state index is 5.49. The molecule has 0 aromatic heterocycles. The van der Waals surface area contributed by atoms with Crippen molar-refractivity contribution >= 4 is 0 Å². The highest BCUT2D eigenvalue weighted by atomic mass is 14.5. The van der Waals surface area contributed by atoms with E-state index in [1.807, 2.05) is 6.08 Å². The van der Waals surface area contributed by atoms with E-state index in [-0.39, 0.29) is 0 Å². The van der Waals surface area contributed by atoms with Crippen molar-refractivity contribution in [1.82, 2.24) is 0 Å². The van der Waals surface area contributed by atoms with Gasteiger partial charge in [-0.3, -0.25) is 0 Å². The van der Waals surface area contributed by atoms with Crippen LogP contribution >= 0.6 is 0 Å². The fourth-order valence-electron chi connectivity index (χ4n) is 2.89. The van der Waals surface area contributed by atoms with Crippen LogP contribution in [0.2, 0.25) is 0 Å². The van der Waals surface area contributed by atoms with Crippen LogP contribution in [0, 0.1) is 5.41 Å². The van der Waals surface area contributed by atoms with Crippen LogP contribution in [-0.2, 0) is 0 Å². The maximum atomic E-state index is 5.49. The van der Waals surface area contributed by atoms with Gasteiger partial charge in [-0.2, -0.15) is 0 Å². The summed E-state index contributed by atoms with van der Waals surface area (Å²) in [7, 11) is 0. The summed E-state index contributed by atoms with van der Waals surface area (Å²) in [6.45, 7) is 11.8. The molecule has 0 aliphatic heterocycles. The van der Waals surface area contributed by atoms with Crippen molar-refractivity contribution in [1.29, 1.82) is 0 Å². The molecule has 2 N–H and O–H groups in total. The standard InChI is InChI=1S/C20H31N/c1-16(8-6-9-17(2)13-15-21)11-12-19-18(3)10-7-14-20(19,4)5/h6,8-9,11-13H,7,10,14-15,21H2,1-5H3/b9-6+,12-11+,16-8-,17-13-. The van der Waals surface area contributed by atoms with Gasteiger partial charge in [0.1, 0.15) is 0 Å². The van der Waals surface area contributed by atoms with E-state index in [9.17, 15) is 0 Å². The molecule has 0 heterocycles. The third-order valence-electron chi connectivity index (χ3n) is 4.21. The van der Waals surface area contributed by atoms with E-state index in [0.29, 0.717) is 12.0 Å². The van der Waals surface area contributed by atoms with E-state index in [4.69, 9.17) is 5.73 Å². The maximum Gasteiger partial charge on any atom is 0.0112 e. The molecule has 0 saturated carbocycles. The highest BCUT2D eigenvalue weighted by Gasteiger charge is 2.26. The van der Waals surface area contributed by atoms with E-state index in [2.05, 4.69) is 65.0 Å². The summed E-state index contributed by atoms with van der Waals surface area (Å²) in [5.74, 6) is 0. The summed E-state index contributed by atoms with van der Waals surface area (Å²) in [6, 6.07) is 0. The Balaban J connectivity index is 2.78. The minimum atomic E-state index is 0.315. The van der Waals surface area contributed by atoms with Crippen molar-refractivity contribution < 1.29 is 0 Å². The van der Waals surface area contributed by atoms with Crippen molar-refractivity contribution in [3.63, 3.8) is 0 Å². The van der Waals surface area contributed by atoms with E-state index in [1.54, 1.807) is 5.57 Å². The van der Waals surface area contributed by atoms with Gasteiger partial charge in [-0.25, -0.2) is 0 Å². The van der Waals surface area contributed by atoms with Gasteiger partial charge in [-0.15, -0.1) is 0 Å². The molecular weight excluding hydrogens is 254 g/mol. The molecular formula is C20H31N. The zero-order valence-corrected chi connectivity index (χ0v) is 14.4. The van der Waals surface area contributed by atoms with Gasteiger partial charge >= 0.3 is 0 Å². The predicted octanol–water partition coefficient (Wildman–Crippen LogP) is 5.48. The first-order valence-electron chi connectivity index (χ1n) is 7.97. The lowest BCUT2D eigenvalue weighted by atomic mass is 9.72.